The zero-order chi connectivity index (χ0) is 38.2. The Kier molecular flexibility index (Phi) is 11.3. The third kappa shape index (κ3) is 8.22. The Balaban J connectivity index is 1.59. The van der Waals surface area contributed by atoms with Crippen LogP contribution in [0.3, 0.4) is 0 Å². The molecule has 2 N–H and O–H groups in total. The topological polar surface area (TPSA) is 91.6 Å². The monoisotopic (exact) mass is 729 g/mol. The molecule has 52 heavy (non-hydrogen) atoms. The number of aliphatic carboxylic acids is 1. The second kappa shape index (κ2) is 15.2. The van der Waals surface area contributed by atoms with Gasteiger partial charge < -0.3 is 19.9 Å². The first-order valence-electron chi connectivity index (χ1n) is 17.3. The number of carboxylic acids is 1. The number of likely N-dealkylation sites (tertiary alicyclic amines) is 1. The van der Waals surface area contributed by atoms with Crippen LogP contribution in [0.2, 0.25) is 0 Å². The lowest BCUT2D eigenvalue weighted by atomic mass is 9.87. The van der Waals surface area contributed by atoms with E-state index in [2.05, 4.69) is 16.1 Å². The predicted octanol–water partition coefficient (Wildman–Crippen LogP) is 7.81. The average molecular weight is 730 g/mol. The molecule has 0 spiro atoms. The average Bonchev–Trinajstić information content (AvgIpc) is 3.89. The summed E-state index contributed by atoms with van der Waals surface area (Å²) in [6.07, 6.45) is 3.61. The van der Waals surface area contributed by atoms with E-state index in [4.69, 9.17) is 6.42 Å². The Labute approximate surface area is 298 Å². The van der Waals surface area contributed by atoms with Crippen LogP contribution in [0.15, 0.2) is 35.3 Å². The lowest BCUT2D eigenvalue weighted by Gasteiger charge is -2.34. The van der Waals surface area contributed by atoms with Crippen molar-refractivity contribution in [2.24, 2.45) is 5.92 Å². The Morgan fingerprint density at radius 2 is 1.62 bits per heavy atom. The van der Waals surface area contributed by atoms with E-state index in [1.807, 2.05) is 0 Å². The smallest absolute Gasteiger partial charge is 0.416 e. The molecule has 0 bridgehead atoms. The number of terminal acetylenes is 1. The maximum absolute atomic E-state index is 16.5. The zero-order valence-corrected chi connectivity index (χ0v) is 29.3. The zero-order valence-electron chi connectivity index (χ0n) is 29.3. The van der Waals surface area contributed by atoms with Gasteiger partial charge in [-0.15, -0.1) is 6.42 Å². The fourth-order valence-electron chi connectivity index (χ4n) is 7.44. The molecule has 2 aliphatic rings. The number of carbonyl (C=O) groups excluding carboxylic acids is 1. The van der Waals surface area contributed by atoms with Gasteiger partial charge in [-0.3, -0.25) is 14.4 Å². The molecule has 1 aromatic heterocycles. The summed E-state index contributed by atoms with van der Waals surface area (Å²) in [6, 6.07) is 0.892. The summed E-state index contributed by atoms with van der Waals surface area (Å²) in [5.41, 5.74) is -3.14. The molecule has 3 aromatic rings. The number of rotatable bonds is 11. The Morgan fingerprint density at radius 1 is 1.00 bits per heavy atom. The van der Waals surface area contributed by atoms with Crippen molar-refractivity contribution < 1.29 is 41.0 Å². The van der Waals surface area contributed by atoms with Crippen molar-refractivity contribution in [2.45, 2.75) is 96.4 Å². The number of aromatic nitrogens is 1. The van der Waals surface area contributed by atoms with E-state index >= 15 is 8.78 Å². The van der Waals surface area contributed by atoms with Crippen LogP contribution in [0.25, 0.3) is 11.1 Å². The number of aryl methyl sites for hydroxylation is 2. The predicted molar refractivity (Wildman–Crippen MR) is 183 cm³/mol. The molecule has 2 unspecified atom stereocenters. The fraction of sp³-hybridized carbons (Fsp3) is 0.462. The SMILES string of the molecule is C#Cc1cc(-c2c(C)cc(F)cc2C)c(F)c(C(CC(=O)O)NC(=O)C(CC(C)C)n2cc(C3CCN(C4CC4)CC3)c(C(F)(F)F)cc2=O)c1F. The van der Waals surface area contributed by atoms with Crippen LogP contribution in [-0.2, 0) is 15.8 Å². The highest BCUT2D eigenvalue weighted by Gasteiger charge is 2.40. The van der Waals surface area contributed by atoms with Gasteiger partial charge in [-0.25, -0.2) is 13.2 Å². The van der Waals surface area contributed by atoms with Crippen LogP contribution >= 0.6 is 0 Å². The van der Waals surface area contributed by atoms with E-state index in [0.717, 1.165) is 41.8 Å². The van der Waals surface area contributed by atoms with Gasteiger partial charge in [-0.1, -0.05) is 19.8 Å². The Bertz CT molecular complexity index is 1950. The molecule has 7 nitrogen and oxygen atoms in total. The van der Waals surface area contributed by atoms with Gasteiger partial charge in [-0.2, -0.15) is 13.2 Å². The summed E-state index contributed by atoms with van der Waals surface area (Å²) in [6.45, 7) is 7.62. The maximum Gasteiger partial charge on any atom is 0.416 e. The molecule has 2 aromatic carbocycles. The van der Waals surface area contributed by atoms with E-state index in [0.29, 0.717) is 38.0 Å². The number of carboxylic acid groups (broad SMARTS) is 1. The highest BCUT2D eigenvalue weighted by Crippen LogP contribution is 2.41. The third-order valence-corrected chi connectivity index (χ3v) is 9.98. The minimum Gasteiger partial charge on any atom is -0.481 e. The molecular weight excluding hydrogens is 688 g/mol. The van der Waals surface area contributed by atoms with E-state index in [1.54, 1.807) is 13.8 Å². The van der Waals surface area contributed by atoms with E-state index in [-0.39, 0.29) is 40.2 Å². The van der Waals surface area contributed by atoms with Crippen molar-refractivity contribution in [3.63, 3.8) is 0 Å². The molecule has 1 saturated carbocycles. The number of halogens is 6. The molecule has 2 atom stereocenters. The first-order valence-corrected chi connectivity index (χ1v) is 17.3. The normalized spacial score (nSPS) is 16.8. The number of hydrogen-bond acceptors (Lipinski definition) is 4. The molecule has 0 radical (unpaired) electrons. The van der Waals surface area contributed by atoms with Gasteiger partial charge in [0.05, 0.1) is 23.6 Å². The number of piperidine rings is 1. The first kappa shape index (κ1) is 38.7. The summed E-state index contributed by atoms with van der Waals surface area (Å²) in [4.78, 5) is 41.9. The summed E-state index contributed by atoms with van der Waals surface area (Å²) in [5.74, 6) is -4.46. The summed E-state index contributed by atoms with van der Waals surface area (Å²) in [5, 5.41) is 12.2. The van der Waals surface area contributed by atoms with E-state index in [1.165, 1.54) is 13.8 Å². The molecule has 2 heterocycles. The maximum atomic E-state index is 16.5. The standard InChI is InChI=1S/C39H41F6N3O4/c1-6-23-16-27(34-21(4)14-25(40)15-22(34)5)37(42)35(36(23)41)30(18-33(50)51)46-38(52)31(13-20(2)3)48-19-28(29(17-32(48)49)39(43,44)45)24-9-11-47(12-10-24)26-7-8-26/h1,14-17,19-20,24,26,30-31H,7-13,18H2,2-5H3,(H,46,52)(H,50,51). The molecule has 1 amide bonds. The van der Waals surface area contributed by atoms with Crippen molar-refractivity contribution >= 4 is 11.9 Å². The quantitative estimate of drug-likeness (QED) is 0.155. The number of benzene rings is 2. The number of carbonyl (C=O) groups is 2. The third-order valence-electron chi connectivity index (χ3n) is 9.98. The van der Waals surface area contributed by atoms with Crippen molar-refractivity contribution in [1.29, 1.82) is 0 Å². The van der Waals surface area contributed by atoms with Crippen molar-refractivity contribution in [3.8, 4) is 23.5 Å². The van der Waals surface area contributed by atoms with Gasteiger partial charge in [0, 0.05) is 29.4 Å². The number of pyridine rings is 1. The number of amides is 1. The minimum absolute atomic E-state index is 0.0783. The van der Waals surface area contributed by atoms with Crippen LogP contribution in [0, 0.1) is 49.6 Å². The summed E-state index contributed by atoms with van der Waals surface area (Å²) in [7, 11) is 0. The van der Waals surface area contributed by atoms with Crippen LogP contribution in [0.1, 0.15) is 104 Å². The van der Waals surface area contributed by atoms with Gasteiger partial charge in [0.15, 0.2) is 0 Å². The van der Waals surface area contributed by atoms with Crippen molar-refractivity contribution in [3.05, 3.63) is 91.6 Å². The lowest BCUT2D eigenvalue weighted by Crippen LogP contribution is -2.41. The second-order valence-corrected chi connectivity index (χ2v) is 14.3. The molecular formula is C39H41F6N3O4. The number of alkyl halides is 3. The Morgan fingerprint density at radius 3 is 2.13 bits per heavy atom. The first-order chi connectivity index (χ1) is 24.4. The number of nitrogens with zero attached hydrogens (tertiary/aromatic N) is 2. The van der Waals surface area contributed by atoms with Crippen LogP contribution in [0.5, 0.6) is 0 Å². The minimum atomic E-state index is -4.85. The van der Waals surface area contributed by atoms with Crippen molar-refractivity contribution in [1.82, 2.24) is 14.8 Å². The van der Waals surface area contributed by atoms with Crippen LogP contribution in [-0.4, -0.2) is 45.6 Å². The molecule has 1 aliphatic heterocycles. The van der Waals surface area contributed by atoms with Gasteiger partial charge in [0.25, 0.3) is 5.56 Å². The number of hydrogen-bond donors (Lipinski definition) is 2. The second-order valence-electron chi connectivity index (χ2n) is 14.3. The molecule has 278 valence electrons. The largest absolute Gasteiger partial charge is 0.481 e. The van der Waals surface area contributed by atoms with Crippen LogP contribution in [0.4, 0.5) is 26.3 Å². The molecule has 1 aliphatic carbocycles. The van der Waals surface area contributed by atoms with Crippen LogP contribution < -0.4 is 10.9 Å². The molecule has 5 rings (SSSR count). The van der Waals surface area contributed by atoms with E-state index < -0.39 is 82.2 Å². The van der Waals surface area contributed by atoms with Gasteiger partial charge in [-0.05, 0) is 111 Å². The molecule has 1 saturated heterocycles. The highest BCUT2D eigenvalue weighted by atomic mass is 19.4. The van der Waals surface area contributed by atoms with Crippen molar-refractivity contribution in [2.75, 3.05) is 13.1 Å². The van der Waals surface area contributed by atoms with Gasteiger partial charge >= 0.3 is 12.1 Å². The summed E-state index contributed by atoms with van der Waals surface area (Å²) < 4.78 is 90.6. The molecule has 13 heteroatoms. The number of nitrogens with one attached hydrogen (secondary N) is 1. The summed E-state index contributed by atoms with van der Waals surface area (Å²) >= 11 is 0. The lowest BCUT2D eigenvalue weighted by molar-refractivity contribution is -0.139. The Hall–Kier alpha value is -4.57. The van der Waals surface area contributed by atoms with Gasteiger partial charge in [0.1, 0.15) is 23.5 Å². The fourth-order valence-corrected chi connectivity index (χ4v) is 7.44. The highest BCUT2D eigenvalue weighted by molar-refractivity contribution is 5.82. The van der Waals surface area contributed by atoms with E-state index in [9.17, 15) is 37.1 Å². The molecule has 2 fully saturated rings. The van der Waals surface area contributed by atoms with Gasteiger partial charge in [0.2, 0.25) is 5.91 Å².